The summed E-state index contributed by atoms with van der Waals surface area (Å²) in [6, 6.07) is 6.95. The second-order valence-corrected chi connectivity index (χ2v) is 4.98. The molecule has 5 nitrogen and oxygen atoms in total. The maximum absolute atomic E-state index is 12.7. The van der Waals surface area contributed by atoms with Crippen molar-refractivity contribution in [1.29, 1.82) is 0 Å². The molecule has 2 aliphatic heterocycles. The van der Waals surface area contributed by atoms with Crippen molar-refractivity contribution in [2.24, 2.45) is 5.73 Å². The molecule has 0 saturated carbocycles. The van der Waals surface area contributed by atoms with Crippen LogP contribution in [-0.4, -0.2) is 31.1 Å². The van der Waals surface area contributed by atoms with E-state index in [1.165, 1.54) is 4.90 Å². The van der Waals surface area contributed by atoms with Crippen molar-refractivity contribution < 1.29 is 14.3 Å². The molecular weight excluding hydrogens is 256 g/mol. The summed E-state index contributed by atoms with van der Waals surface area (Å²) in [5.74, 6) is -0.607. The first-order valence-electron chi connectivity index (χ1n) is 6.66. The van der Waals surface area contributed by atoms with Gasteiger partial charge in [0.05, 0.1) is 13.2 Å². The summed E-state index contributed by atoms with van der Waals surface area (Å²) in [5, 5.41) is 0. The third-order valence-electron chi connectivity index (χ3n) is 3.76. The molecule has 104 valence electrons. The van der Waals surface area contributed by atoms with E-state index in [1.807, 2.05) is 24.3 Å². The van der Waals surface area contributed by atoms with Crippen molar-refractivity contribution >= 4 is 17.5 Å². The molecule has 2 heterocycles. The smallest absolute Gasteiger partial charge is 0.254 e. The van der Waals surface area contributed by atoms with Crippen LogP contribution in [0.1, 0.15) is 12.0 Å². The van der Waals surface area contributed by atoms with Gasteiger partial charge in [-0.15, -0.1) is 0 Å². The normalized spacial score (nSPS) is 21.3. The molecular formula is C15H16N2O3. The second-order valence-electron chi connectivity index (χ2n) is 4.98. The number of nitrogens with two attached hydrogens (primary N) is 1. The van der Waals surface area contributed by atoms with Gasteiger partial charge < -0.3 is 10.5 Å². The number of primary amides is 1. The van der Waals surface area contributed by atoms with E-state index in [-0.39, 0.29) is 5.91 Å². The summed E-state index contributed by atoms with van der Waals surface area (Å²) in [4.78, 5) is 25.9. The maximum atomic E-state index is 12.7. The van der Waals surface area contributed by atoms with Gasteiger partial charge in [-0.1, -0.05) is 24.3 Å². The van der Waals surface area contributed by atoms with Gasteiger partial charge in [0.15, 0.2) is 0 Å². The minimum Gasteiger partial charge on any atom is -0.377 e. The predicted molar refractivity (Wildman–Crippen MR) is 74.1 cm³/mol. The number of hydrogen-bond donors (Lipinski definition) is 1. The van der Waals surface area contributed by atoms with Gasteiger partial charge in [0.25, 0.3) is 5.91 Å². The molecule has 0 aromatic heterocycles. The standard InChI is InChI=1S/C15H16N2O3/c16-14(18)13-9-11-3-1-2-4-12(11)17(13)15(19)10-5-7-20-8-6-10/h1-5,13H,6-9H2,(H2,16,18)/t13-/m0/s1. The molecule has 1 atom stereocenters. The van der Waals surface area contributed by atoms with E-state index in [0.29, 0.717) is 31.6 Å². The first-order chi connectivity index (χ1) is 9.68. The second kappa shape index (κ2) is 5.09. The Morgan fingerprint density at radius 2 is 2.10 bits per heavy atom. The van der Waals surface area contributed by atoms with Gasteiger partial charge in [0.1, 0.15) is 6.04 Å². The SMILES string of the molecule is NC(=O)[C@@H]1Cc2ccccc2N1C(=O)C1=CCOCC1. The molecule has 0 saturated heterocycles. The van der Waals surface area contributed by atoms with E-state index in [0.717, 1.165) is 11.3 Å². The Bertz CT molecular complexity index is 595. The van der Waals surface area contributed by atoms with Crippen molar-refractivity contribution in [1.82, 2.24) is 0 Å². The van der Waals surface area contributed by atoms with Crippen LogP contribution in [0.3, 0.4) is 0 Å². The average molecular weight is 272 g/mol. The number of nitrogens with zero attached hydrogens (tertiary/aromatic N) is 1. The first kappa shape index (κ1) is 12.9. The molecule has 20 heavy (non-hydrogen) atoms. The highest BCUT2D eigenvalue weighted by molar-refractivity contribution is 6.11. The van der Waals surface area contributed by atoms with Crippen molar-refractivity contribution in [3.8, 4) is 0 Å². The lowest BCUT2D eigenvalue weighted by atomic mass is 10.1. The average Bonchev–Trinajstić information content (AvgIpc) is 2.87. The van der Waals surface area contributed by atoms with Crippen LogP contribution in [0.2, 0.25) is 0 Å². The monoisotopic (exact) mass is 272 g/mol. The van der Waals surface area contributed by atoms with E-state index >= 15 is 0 Å². The largest absolute Gasteiger partial charge is 0.377 e. The van der Waals surface area contributed by atoms with E-state index in [1.54, 1.807) is 6.08 Å². The highest BCUT2D eigenvalue weighted by Gasteiger charge is 2.38. The zero-order valence-electron chi connectivity index (χ0n) is 11.0. The third-order valence-corrected chi connectivity index (χ3v) is 3.76. The molecule has 1 aromatic rings. The zero-order valence-corrected chi connectivity index (χ0v) is 11.0. The fourth-order valence-corrected chi connectivity index (χ4v) is 2.74. The van der Waals surface area contributed by atoms with Crippen LogP contribution >= 0.6 is 0 Å². The van der Waals surface area contributed by atoms with Crippen molar-refractivity contribution in [3.05, 3.63) is 41.5 Å². The van der Waals surface area contributed by atoms with Gasteiger partial charge in [0, 0.05) is 24.1 Å². The Balaban J connectivity index is 1.98. The molecule has 0 unspecified atom stereocenters. The Kier molecular flexibility index (Phi) is 3.28. The van der Waals surface area contributed by atoms with Gasteiger partial charge in [-0.2, -0.15) is 0 Å². The van der Waals surface area contributed by atoms with Crippen LogP contribution in [0.25, 0.3) is 0 Å². The highest BCUT2D eigenvalue weighted by atomic mass is 16.5. The lowest BCUT2D eigenvalue weighted by Crippen LogP contribution is -2.46. The van der Waals surface area contributed by atoms with Crippen LogP contribution in [0.4, 0.5) is 5.69 Å². The predicted octanol–water partition coefficient (Wildman–Crippen LogP) is 0.776. The summed E-state index contributed by atoms with van der Waals surface area (Å²) in [7, 11) is 0. The lowest BCUT2D eigenvalue weighted by Gasteiger charge is -2.25. The number of fused-ring (bicyclic) bond motifs is 1. The number of anilines is 1. The maximum Gasteiger partial charge on any atom is 0.254 e. The molecule has 1 aromatic carbocycles. The fourth-order valence-electron chi connectivity index (χ4n) is 2.74. The number of rotatable bonds is 2. The van der Waals surface area contributed by atoms with E-state index in [9.17, 15) is 9.59 Å². The third kappa shape index (κ3) is 2.10. The van der Waals surface area contributed by atoms with Crippen LogP contribution < -0.4 is 10.6 Å². The molecule has 0 aliphatic carbocycles. The van der Waals surface area contributed by atoms with Gasteiger partial charge >= 0.3 is 0 Å². The number of para-hydroxylation sites is 1. The van der Waals surface area contributed by atoms with E-state index < -0.39 is 11.9 Å². The lowest BCUT2D eigenvalue weighted by molar-refractivity contribution is -0.122. The van der Waals surface area contributed by atoms with Crippen molar-refractivity contribution in [2.75, 3.05) is 18.1 Å². The van der Waals surface area contributed by atoms with Crippen LogP contribution in [-0.2, 0) is 20.7 Å². The molecule has 2 N–H and O–H groups in total. The number of amides is 2. The number of carbonyl (C=O) groups excluding carboxylic acids is 2. The number of ether oxygens (including phenoxy) is 1. The van der Waals surface area contributed by atoms with Gasteiger partial charge in [-0.05, 0) is 11.6 Å². The van der Waals surface area contributed by atoms with Gasteiger partial charge in [-0.25, -0.2) is 0 Å². The van der Waals surface area contributed by atoms with Crippen molar-refractivity contribution in [3.63, 3.8) is 0 Å². The highest BCUT2D eigenvalue weighted by Crippen LogP contribution is 2.33. The molecule has 0 bridgehead atoms. The summed E-state index contributed by atoms with van der Waals surface area (Å²) in [5.41, 5.74) is 7.92. The van der Waals surface area contributed by atoms with E-state index in [4.69, 9.17) is 10.5 Å². The summed E-state index contributed by atoms with van der Waals surface area (Å²) in [6.45, 7) is 0.978. The first-order valence-corrected chi connectivity index (χ1v) is 6.66. The number of hydrogen-bond acceptors (Lipinski definition) is 3. The topological polar surface area (TPSA) is 72.6 Å². The van der Waals surface area contributed by atoms with Gasteiger partial charge in [-0.3, -0.25) is 14.5 Å². The molecule has 2 aliphatic rings. The summed E-state index contributed by atoms with van der Waals surface area (Å²) < 4.78 is 5.22. The Morgan fingerprint density at radius 3 is 2.80 bits per heavy atom. The molecule has 0 fully saturated rings. The van der Waals surface area contributed by atoms with Gasteiger partial charge in [0.2, 0.25) is 5.91 Å². The van der Waals surface area contributed by atoms with Crippen LogP contribution in [0, 0.1) is 0 Å². The Labute approximate surface area is 117 Å². The molecule has 5 heteroatoms. The van der Waals surface area contributed by atoms with E-state index in [2.05, 4.69) is 0 Å². The summed E-state index contributed by atoms with van der Waals surface area (Å²) >= 11 is 0. The molecule has 2 amide bonds. The Morgan fingerprint density at radius 1 is 1.30 bits per heavy atom. The quantitative estimate of drug-likeness (QED) is 0.864. The fraction of sp³-hybridized carbons (Fsp3) is 0.333. The number of benzene rings is 1. The minimum absolute atomic E-state index is 0.137. The van der Waals surface area contributed by atoms with Crippen LogP contribution in [0.15, 0.2) is 35.9 Å². The van der Waals surface area contributed by atoms with Crippen molar-refractivity contribution in [2.45, 2.75) is 18.9 Å². The van der Waals surface area contributed by atoms with Crippen LogP contribution in [0.5, 0.6) is 0 Å². The molecule has 0 spiro atoms. The molecule has 0 radical (unpaired) electrons. The Hall–Kier alpha value is -2.14. The zero-order chi connectivity index (χ0) is 14.1. The summed E-state index contributed by atoms with van der Waals surface area (Å²) in [6.07, 6.45) is 2.84. The number of carbonyl (C=O) groups is 2. The minimum atomic E-state index is -0.594. The molecule has 3 rings (SSSR count).